The summed E-state index contributed by atoms with van der Waals surface area (Å²) in [7, 11) is 0. The van der Waals surface area contributed by atoms with E-state index >= 15 is 0 Å². The fraction of sp³-hybridized carbons (Fsp3) is 0.375. The Balaban J connectivity index is 3.15. The van der Waals surface area contributed by atoms with Gasteiger partial charge in [0.05, 0.1) is 4.47 Å². The number of nitrogens with zero attached hydrogens (tertiary/aromatic N) is 1. The third-order valence-electron chi connectivity index (χ3n) is 1.82. The highest BCUT2D eigenvalue weighted by Gasteiger charge is 2.11. The van der Waals surface area contributed by atoms with Crippen LogP contribution in [0.4, 0.5) is 4.39 Å². The van der Waals surface area contributed by atoms with Gasteiger partial charge in [0, 0.05) is 18.3 Å². The number of hydrogen-bond donors (Lipinski definition) is 2. The molecule has 0 aliphatic rings. The van der Waals surface area contributed by atoms with E-state index in [4.69, 9.17) is 11.5 Å². The van der Waals surface area contributed by atoms with Gasteiger partial charge in [-0.15, -0.1) is 0 Å². The number of aryl methyl sites for hydroxylation is 1. The van der Waals surface area contributed by atoms with Crippen molar-refractivity contribution in [2.45, 2.75) is 13.0 Å². The predicted octanol–water partition coefficient (Wildman–Crippen LogP) is 1.25. The lowest BCUT2D eigenvalue weighted by molar-refractivity contribution is 0.567. The van der Waals surface area contributed by atoms with Crippen LogP contribution in [0.25, 0.3) is 0 Å². The van der Waals surface area contributed by atoms with Crippen molar-refractivity contribution in [3.05, 3.63) is 27.7 Å². The highest BCUT2D eigenvalue weighted by Crippen LogP contribution is 2.20. The Labute approximate surface area is 84.5 Å². The lowest BCUT2D eigenvalue weighted by Gasteiger charge is -2.12. The van der Waals surface area contributed by atoms with E-state index in [1.807, 2.05) is 0 Å². The van der Waals surface area contributed by atoms with Crippen molar-refractivity contribution in [1.29, 1.82) is 0 Å². The molecular weight excluding hydrogens is 237 g/mol. The van der Waals surface area contributed by atoms with Crippen LogP contribution in [0.3, 0.4) is 0 Å². The summed E-state index contributed by atoms with van der Waals surface area (Å²) < 4.78 is 13.2. The molecule has 1 aromatic rings. The minimum Gasteiger partial charge on any atom is -0.329 e. The molecule has 0 spiro atoms. The maximum atomic E-state index is 12.9. The molecule has 1 aromatic heterocycles. The van der Waals surface area contributed by atoms with E-state index in [1.54, 1.807) is 13.0 Å². The number of hydrogen-bond acceptors (Lipinski definition) is 3. The zero-order valence-electron chi connectivity index (χ0n) is 7.22. The van der Waals surface area contributed by atoms with Gasteiger partial charge in [-0.25, -0.2) is 4.98 Å². The van der Waals surface area contributed by atoms with E-state index in [0.29, 0.717) is 16.7 Å². The van der Waals surface area contributed by atoms with Gasteiger partial charge in [-0.3, -0.25) is 0 Å². The molecule has 72 valence electrons. The summed E-state index contributed by atoms with van der Waals surface area (Å²) in [6, 6.07) is 1.33. The highest BCUT2D eigenvalue weighted by molar-refractivity contribution is 9.10. The van der Waals surface area contributed by atoms with Crippen LogP contribution in [-0.2, 0) is 0 Å². The third-order valence-corrected chi connectivity index (χ3v) is 2.37. The van der Waals surface area contributed by atoms with Crippen LogP contribution in [0, 0.1) is 12.9 Å². The van der Waals surface area contributed by atoms with Crippen LogP contribution in [0.15, 0.2) is 10.5 Å². The quantitative estimate of drug-likeness (QED) is 0.774. The third kappa shape index (κ3) is 2.24. The van der Waals surface area contributed by atoms with Crippen molar-refractivity contribution >= 4 is 15.9 Å². The molecule has 0 saturated heterocycles. The lowest BCUT2D eigenvalue weighted by atomic mass is 10.1. The Hall–Kier alpha value is -0.520. The molecule has 0 saturated carbocycles. The minimum atomic E-state index is -0.523. The average Bonchev–Trinajstić information content (AvgIpc) is 2.10. The number of halogens is 2. The summed E-state index contributed by atoms with van der Waals surface area (Å²) in [5.41, 5.74) is 12.5. The summed E-state index contributed by atoms with van der Waals surface area (Å²) in [5, 5.41) is 0. The normalized spacial score (nSPS) is 13.0. The number of rotatable bonds is 2. The molecule has 1 rings (SSSR count). The van der Waals surface area contributed by atoms with Crippen molar-refractivity contribution in [2.75, 3.05) is 6.54 Å². The summed E-state index contributed by atoms with van der Waals surface area (Å²) in [5.74, 6) is -0.523. The van der Waals surface area contributed by atoms with Crippen LogP contribution < -0.4 is 11.5 Å². The standard InChI is InChI=1S/C8H11BrFN3/c1-4-5(7(12)3-11)2-6(9)8(10)13-4/h2,7H,3,11-12H2,1H3. The monoisotopic (exact) mass is 247 g/mol. The van der Waals surface area contributed by atoms with Crippen LogP contribution in [0.1, 0.15) is 17.3 Å². The van der Waals surface area contributed by atoms with Crippen LogP contribution in [0.5, 0.6) is 0 Å². The maximum Gasteiger partial charge on any atom is 0.227 e. The molecule has 5 heteroatoms. The fourth-order valence-corrected chi connectivity index (χ4v) is 1.40. The van der Waals surface area contributed by atoms with Gasteiger partial charge in [0.1, 0.15) is 0 Å². The zero-order valence-corrected chi connectivity index (χ0v) is 8.81. The van der Waals surface area contributed by atoms with Gasteiger partial charge in [-0.2, -0.15) is 4.39 Å². The molecule has 13 heavy (non-hydrogen) atoms. The molecule has 0 aromatic carbocycles. The van der Waals surface area contributed by atoms with Gasteiger partial charge >= 0.3 is 0 Å². The second kappa shape index (κ2) is 4.13. The molecular formula is C8H11BrFN3. The molecule has 0 radical (unpaired) electrons. The first kappa shape index (κ1) is 10.6. The topological polar surface area (TPSA) is 64.9 Å². The van der Waals surface area contributed by atoms with Crippen LogP contribution >= 0.6 is 15.9 Å². The predicted molar refractivity (Wildman–Crippen MR) is 52.6 cm³/mol. The van der Waals surface area contributed by atoms with Gasteiger partial charge in [0.25, 0.3) is 0 Å². The molecule has 0 aliphatic heterocycles. The van der Waals surface area contributed by atoms with Gasteiger partial charge in [0.15, 0.2) is 0 Å². The van der Waals surface area contributed by atoms with Crippen molar-refractivity contribution in [3.63, 3.8) is 0 Å². The Morgan fingerprint density at radius 1 is 1.69 bits per heavy atom. The van der Waals surface area contributed by atoms with Crippen molar-refractivity contribution in [2.24, 2.45) is 11.5 Å². The van der Waals surface area contributed by atoms with E-state index < -0.39 is 5.95 Å². The van der Waals surface area contributed by atoms with Gasteiger partial charge in [-0.1, -0.05) is 0 Å². The van der Waals surface area contributed by atoms with Crippen molar-refractivity contribution in [1.82, 2.24) is 4.98 Å². The van der Waals surface area contributed by atoms with E-state index in [1.165, 1.54) is 0 Å². The van der Waals surface area contributed by atoms with E-state index in [0.717, 1.165) is 5.56 Å². The Bertz CT molecular complexity index is 317. The van der Waals surface area contributed by atoms with Gasteiger partial charge < -0.3 is 11.5 Å². The van der Waals surface area contributed by atoms with Gasteiger partial charge in [0.2, 0.25) is 5.95 Å². The van der Waals surface area contributed by atoms with E-state index in [9.17, 15) is 4.39 Å². The largest absolute Gasteiger partial charge is 0.329 e. The Morgan fingerprint density at radius 2 is 2.31 bits per heavy atom. The SMILES string of the molecule is Cc1nc(F)c(Br)cc1C(N)CN. The Morgan fingerprint density at radius 3 is 2.85 bits per heavy atom. The first-order valence-electron chi connectivity index (χ1n) is 3.84. The summed E-state index contributed by atoms with van der Waals surface area (Å²) in [4.78, 5) is 3.69. The molecule has 0 bridgehead atoms. The van der Waals surface area contributed by atoms with Crippen molar-refractivity contribution < 1.29 is 4.39 Å². The van der Waals surface area contributed by atoms with Crippen molar-refractivity contribution in [3.8, 4) is 0 Å². The zero-order chi connectivity index (χ0) is 10.0. The second-order valence-electron chi connectivity index (χ2n) is 2.78. The van der Waals surface area contributed by atoms with E-state index in [2.05, 4.69) is 20.9 Å². The lowest BCUT2D eigenvalue weighted by Crippen LogP contribution is -2.22. The first-order chi connectivity index (χ1) is 6.06. The summed E-state index contributed by atoms with van der Waals surface area (Å²) in [6.07, 6.45) is 0. The molecule has 0 amide bonds. The summed E-state index contributed by atoms with van der Waals surface area (Å²) in [6.45, 7) is 2.03. The number of nitrogens with two attached hydrogens (primary N) is 2. The summed E-state index contributed by atoms with van der Waals surface area (Å²) >= 11 is 3.04. The first-order valence-corrected chi connectivity index (χ1v) is 4.63. The van der Waals surface area contributed by atoms with Crippen LogP contribution in [0.2, 0.25) is 0 Å². The Kier molecular flexibility index (Phi) is 3.35. The smallest absolute Gasteiger partial charge is 0.227 e. The number of aromatic nitrogens is 1. The van der Waals surface area contributed by atoms with E-state index in [-0.39, 0.29) is 6.04 Å². The molecule has 1 heterocycles. The number of pyridine rings is 1. The molecule has 0 aliphatic carbocycles. The fourth-order valence-electron chi connectivity index (χ4n) is 1.07. The molecule has 4 N–H and O–H groups in total. The van der Waals surface area contributed by atoms with Crippen LogP contribution in [-0.4, -0.2) is 11.5 Å². The maximum absolute atomic E-state index is 12.9. The molecule has 1 unspecified atom stereocenters. The average molecular weight is 248 g/mol. The van der Waals surface area contributed by atoms with Gasteiger partial charge in [-0.05, 0) is 34.5 Å². The highest BCUT2D eigenvalue weighted by atomic mass is 79.9. The molecule has 0 fully saturated rings. The molecule has 1 atom stereocenters. The minimum absolute atomic E-state index is 0.288. The second-order valence-corrected chi connectivity index (χ2v) is 3.63. The molecule has 3 nitrogen and oxygen atoms in total.